The van der Waals surface area contributed by atoms with Crippen molar-refractivity contribution in [3.63, 3.8) is 0 Å². The second-order valence-electron chi connectivity index (χ2n) is 3.83. The highest BCUT2D eigenvalue weighted by Gasteiger charge is 2.20. The Morgan fingerprint density at radius 3 is 2.83 bits per heavy atom. The molecule has 6 heteroatoms. The fourth-order valence-corrected chi connectivity index (χ4v) is 2.24. The average molecular weight is 311 g/mol. The molecule has 0 saturated heterocycles. The summed E-state index contributed by atoms with van der Waals surface area (Å²) >= 11 is 3.39. The molecule has 96 valence electrons. The van der Waals surface area contributed by atoms with E-state index in [9.17, 15) is 0 Å². The van der Waals surface area contributed by atoms with Gasteiger partial charge in [0.05, 0.1) is 19.3 Å². The number of hydrogen-bond acceptors (Lipinski definition) is 4. The first kappa shape index (κ1) is 13.0. The Bertz CT molecular complexity index is 519. The number of aromatic nitrogens is 3. The van der Waals surface area contributed by atoms with Crippen molar-refractivity contribution in [2.24, 2.45) is 5.73 Å². The lowest BCUT2D eigenvalue weighted by atomic mass is 10.1. The average Bonchev–Trinajstić information content (AvgIpc) is 2.80. The van der Waals surface area contributed by atoms with Crippen LogP contribution in [0.5, 0.6) is 5.75 Å². The Morgan fingerprint density at radius 1 is 1.44 bits per heavy atom. The number of nitrogens with two attached hydrogens (primary N) is 1. The Balaban J connectivity index is 2.44. The van der Waals surface area contributed by atoms with Crippen LogP contribution in [0.15, 0.2) is 29.1 Å². The molecule has 18 heavy (non-hydrogen) atoms. The molecule has 0 amide bonds. The minimum absolute atomic E-state index is 0.313. The largest absolute Gasteiger partial charge is 0.493 e. The highest BCUT2D eigenvalue weighted by atomic mass is 79.9. The van der Waals surface area contributed by atoms with Crippen molar-refractivity contribution in [2.45, 2.75) is 19.5 Å². The quantitative estimate of drug-likeness (QED) is 0.939. The third-order valence-corrected chi connectivity index (χ3v) is 3.18. The van der Waals surface area contributed by atoms with E-state index in [2.05, 4.69) is 26.0 Å². The number of rotatable bonds is 4. The molecular formula is C12H15BrN4O. The number of nitrogens with zero attached hydrogens (tertiary/aromatic N) is 3. The van der Waals surface area contributed by atoms with Gasteiger partial charge in [0.1, 0.15) is 5.69 Å². The third kappa shape index (κ3) is 2.39. The molecule has 2 rings (SSSR count). The lowest BCUT2D eigenvalue weighted by Gasteiger charge is -2.15. The Kier molecular flexibility index (Phi) is 3.98. The maximum absolute atomic E-state index is 6.28. The number of methoxy groups -OCH3 is 1. The molecule has 2 aromatic heterocycles. The molecule has 2 heterocycles. The van der Waals surface area contributed by atoms with Crippen molar-refractivity contribution >= 4 is 15.9 Å². The minimum Gasteiger partial charge on any atom is -0.493 e. The van der Waals surface area contributed by atoms with Gasteiger partial charge in [-0.05, 0) is 34.5 Å². The van der Waals surface area contributed by atoms with Crippen molar-refractivity contribution in [3.8, 4) is 5.75 Å². The van der Waals surface area contributed by atoms with Crippen LogP contribution in [0.2, 0.25) is 0 Å². The highest BCUT2D eigenvalue weighted by Crippen LogP contribution is 2.28. The van der Waals surface area contributed by atoms with Gasteiger partial charge in [-0.25, -0.2) is 0 Å². The van der Waals surface area contributed by atoms with Gasteiger partial charge in [0.25, 0.3) is 0 Å². The molecule has 0 spiro atoms. The van der Waals surface area contributed by atoms with Gasteiger partial charge in [-0.2, -0.15) is 5.10 Å². The first-order valence-corrected chi connectivity index (χ1v) is 6.42. The minimum atomic E-state index is -0.313. The van der Waals surface area contributed by atoms with Gasteiger partial charge in [0.15, 0.2) is 5.75 Å². The maximum Gasteiger partial charge on any atom is 0.161 e. The predicted molar refractivity (Wildman–Crippen MR) is 72.4 cm³/mol. The molecule has 0 saturated carbocycles. The fourth-order valence-electron chi connectivity index (χ4n) is 1.86. The summed E-state index contributed by atoms with van der Waals surface area (Å²) < 4.78 is 8.04. The Hall–Kier alpha value is -1.40. The van der Waals surface area contributed by atoms with Crippen LogP contribution in [0.4, 0.5) is 0 Å². The van der Waals surface area contributed by atoms with E-state index >= 15 is 0 Å². The summed E-state index contributed by atoms with van der Waals surface area (Å²) in [4.78, 5) is 4.13. The Labute approximate surface area is 114 Å². The molecule has 1 atom stereocenters. The molecule has 2 N–H and O–H groups in total. The van der Waals surface area contributed by atoms with Crippen LogP contribution in [0.3, 0.4) is 0 Å². The van der Waals surface area contributed by atoms with Crippen LogP contribution >= 0.6 is 15.9 Å². The standard InChI is InChI=1S/C12H15BrN4O/c1-3-17-12(10(18-2)7-16-17)11(14)8-4-9(13)6-15-5-8/h4-7,11H,3,14H2,1-2H3. The Morgan fingerprint density at radius 2 is 2.22 bits per heavy atom. The van der Waals surface area contributed by atoms with Crippen LogP contribution < -0.4 is 10.5 Å². The molecule has 1 unspecified atom stereocenters. The predicted octanol–water partition coefficient (Wildman–Crippen LogP) is 2.12. The van der Waals surface area contributed by atoms with E-state index in [1.807, 2.05) is 17.7 Å². The highest BCUT2D eigenvalue weighted by molar-refractivity contribution is 9.10. The first-order chi connectivity index (χ1) is 8.67. The molecule has 0 bridgehead atoms. The van der Waals surface area contributed by atoms with E-state index in [0.29, 0.717) is 5.75 Å². The SMILES string of the molecule is CCn1ncc(OC)c1C(N)c1cncc(Br)c1. The fraction of sp³-hybridized carbons (Fsp3) is 0.333. The molecule has 0 aliphatic rings. The summed E-state index contributed by atoms with van der Waals surface area (Å²) in [5, 5.41) is 4.25. The van der Waals surface area contributed by atoms with Crippen molar-refractivity contribution in [3.05, 3.63) is 40.4 Å². The zero-order chi connectivity index (χ0) is 13.1. The normalized spacial score (nSPS) is 12.4. The topological polar surface area (TPSA) is 66.0 Å². The number of ether oxygens (including phenoxy) is 1. The van der Waals surface area contributed by atoms with Gasteiger partial charge < -0.3 is 10.5 Å². The summed E-state index contributed by atoms with van der Waals surface area (Å²) in [6, 6.07) is 1.64. The number of halogens is 1. The first-order valence-electron chi connectivity index (χ1n) is 5.63. The summed E-state index contributed by atoms with van der Waals surface area (Å²) in [6.07, 6.45) is 5.16. The van der Waals surface area contributed by atoms with Crippen LogP contribution in [0.1, 0.15) is 24.2 Å². The van der Waals surface area contributed by atoms with Gasteiger partial charge in [0.2, 0.25) is 0 Å². The monoisotopic (exact) mass is 310 g/mol. The van der Waals surface area contributed by atoms with E-state index in [1.165, 1.54) is 0 Å². The molecule has 0 aliphatic heterocycles. The zero-order valence-corrected chi connectivity index (χ0v) is 11.9. The van der Waals surface area contributed by atoms with E-state index < -0.39 is 0 Å². The van der Waals surface area contributed by atoms with Crippen molar-refractivity contribution < 1.29 is 4.74 Å². The smallest absolute Gasteiger partial charge is 0.161 e. The summed E-state index contributed by atoms with van der Waals surface area (Å²) in [5.74, 6) is 0.698. The van der Waals surface area contributed by atoms with E-state index in [-0.39, 0.29) is 6.04 Å². The lowest BCUT2D eigenvalue weighted by molar-refractivity contribution is 0.404. The van der Waals surface area contributed by atoms with E-state index in [0.717, 1.165) is 22.3 Å². The van der Waals surface area contributed by atoms with Gasteiger partial charge in [0, 0.05) is 23.4 Å². The molecular weight excluding hydrogens is 296 g/mol. The molecule has 0 aromatic carbocycles. The van der Waals surface area contributed by atoms with Crippen molar-refractivity contribution in [2.75, 3.05) is 7.11 Å². The molecule has 0 aliphatic carbocycles. The number of hydrogen-bond donors (Lipinski definition) is 1. The molecule has 0 fully saturated rings. The van der Waals surface area contributed by atoms with Crippen molar-refractivity contribution in [1.82, 2.24) is 14.8 Å². The summed E-state index contributed by atoms with van der Waals surface area (Å²) in [6.45, 7) is 2.76. The van der Waals surface area contributed by atoms with Crippen LogP contribution in [0.25, 0.3) is 0 Å². The van der Waals surface area contributed by atoms with Crippen LogP contribution in [-0.2, 0) is 6.54 Å². The number of pyridine rings is 1. The van der Waals surface area contributed by atoms with Crippen LogP contribution in [-0.4, -0.2) is 21.9 Å². The van der Waals surface area contributed by atoms with Gasteiger partial charge in [-0.1, -0.05) is 0 Å². The van der Waals surface area contributed by atoms with Gasteiger partial charge >= 0.3 is 0 Å². The van der Waals surface area contributed by atoms with Gasteiger partial charge in [-0.15, -0.1) is 0 Å². The summed E-state index contributed by atoms with van der Waals surface area (Å²) in [7, 11) is 1.62. The summed E-state index contributed by atoms with van der Waals surface area (Å²) in [5.41, 5.74) is 8.06. The maximum atomic E-state index is 6.28. The van der Waals surface area contributed by atoms with Crippen molar-refractivity contribution in [1.29, 1.82) is 0 Å². The zero-order valence-electron chi connectivity index (χ0n) is 10.3. The molecule has 5 nitrogen and oxygen atoms in total. The van der Waals surface area contributed by atoms with E-state index in [1.54, 1.807) is 25.7 Å². The molecule has 2 aromatic rings. The second-order valence-corrected chi connectivity index (χ2v) is 4.74. The number of aryl methyl sites for hydroxylation is 1. The van der Waals surface area contributed by atoms with Crippen LogP contribution in [0, 0.1) is 0 Å². The van der Waals surface area contributed by atoms with Gasteiger partial charge in [-0.3, -0.25) is 9.67 Å². The molecule has 0 radical (unpaired) electrons. The second kappa shape index (κ2) is 5.49. The lowest BCUT2D eigenvalue weighted by Crippen LogP contribution is -2.18. The van der Waals surface area contributed by atoms with E-state index in [4.69, 9.17) is 10.5 Å². The third-order valence-electron chi connectivity index (χ3n) is 2.74.